The largest absolute Gasteiger partial charge is 0.456 e. The molecule has 2 N–H and O–H groups in total. The van der Waals surface area contributed by atoms with Gasteiger partial charge in [0.1, 0.15) is 17.1 Å². The summed E-state index contributed by atoms with van der Waals surface area (Å²) in [6.45, 7) is 4.33. The lowest BCUT2D eigenvalue weighted by Crippen LogP contribution is -2.47. The van der Waals surface area contributed by atoms with E-state index in [4.69, 9.17) is 4.42 Å². The predicted octanol–water partition coefficient (Wildman–Crippen LogP) is 1.76. The quantitative estimate of drug-likeness (QED) is 0.871. The number of hydrogen-bond acceptors (Lipinski definition) is 4. The highest BCUT2D eigenvalue weighted by Gasteiger charge is 2.27. The molecular weight excluding hydrogens is 341 g/mol. The van der Waals surface area contributed by atoms with Crippen molar-refractivity contribution < 1.29 is 18.4 Å². The minimum atomic E-state index is -0.667. The maximum Gasteiger partial charge on any atom is 0.287 e. The SMILES string of the molecule is Cc1cc(C)c(C(=O)NC2CCN(C(=O)c3cc(F)c[nH]c3=O)CC2)o1. The van der Waals surface area contributed by atoms with E-state index in [2.05, 4.69) is 10.3 Å². The van der Waals surface area contributed by atoms with Gasteiger partial charge < -0.3 is 19.6 Å². The lowest BCUT2D eigenvalue weighted by atomic mass is 10.0. The number of nitrogens with zero attached hydrogens (tertiary/aromatic N) is 1. The fourth-order valence-electron chi connectivity index (χ4n) is 3.13. The van der Waals surface area contributed by atoms with Crippen LogP contribution in [0.4, 0.5) is 4.39 Å². The molecule has 3 rings (SSSR count). The van der Waals surface area contributed by atoms with Crippen molar-refractivity contribution >= 4 is 11.8 Å². The maximum atomic E-state index is 13.3. The lowest BCUT2D eigenvalue weighted by molar-refractivity contribution is 0.0693. The Morgan fingerprint density at radius 2 is 1.96 bits per heavy atom. The number of aromatic amines is 1. The van der Waals surface area contributed by atoms with Crippen molar-refractivity contribution in [3.63, 3.8) is 0 Å². The fourth-order valence-corrected chi connectivity index (χ4v) is 3.13. The van der Waals surface area contributed by atoms with Crippen molar-refractivity contribution in [3.05, 3.63) is 57.1 Å². The van der Waals surface area contributed by atoms with E-state index in [1.54, 1.807) is 13.0 Å². The number of piperidine rings is 1. The van der Waals surface area contributed by atoms with Gasteiger partial charge in [-0.2, -0.15) is 0 Å². The average molecular weight is 361 g/mol. The average Bonchev–Trinajstić information content (AvgIpc) is 2.95. The van der Waals surface area contributed by atoms with Crippen LogP contribution in [0.25, 0.3) is 0 Å². The summed E-state index contributed by atoms with van der Waals surface area (Å²) in [7, 11) is 0. The molecule has 2 aromatic rings. The van der Waals surface area contributed by atoms with E-state index in [1.807, 2.05) is 6.92 Å². The Morgan fingerprint density at radius 3 is 2.58 bits per heavy atom. The van der Waals surface area contributed by atoms with E-state index >= 15 is 0 Å². The molecule has 7 nitrogen and oxygen atoms in total. The van der Waals surface area contributed by atoms with Crippen LogP contribution in [0.3, 0.4) is 0 Å². The minimum absolute atomic E-state index is 0.0952. The molecule has 26 heavy (non-hydrogen) atoms. The van der Waals surface area contributed by atoms with Crippen molar-refractivity contribution in [2.75, 3.05) is 13.1 Å². The van der Waals surface area contributed by atoms with Crippen LogP contribution in [-0.4, -0.2) is 40.8 Å². The fraction of sp³-hybridized carbons (Fsp3) is 0.389. The van der Waals surface area contributed by atoms with Gasteiger partial charge in [-0.1, -0.05) is 0 Å². The highest BCUT2D eigenvalue weighted by molar-refractivity contribution is 5.94. The van der Waals surface area contributed by atoms with E-state index in [9.17, 15) is 18.8 Å². The third kappa shape index (κ3) is 3.68. The zero-order chi connectivity index (χ0) is 18.8. The first-order chi connectivity index (χ1) is 12.3. The van der Waals surface area contributed by atoms with Crippen LogP contribution in [0.1, 0.15) is 45.1 Å². The number of aromatic nitrogens is 1. The standard InChI is InChI=1S/C18H20FN3O4/c1-10-7-11(2)26-15(10)17(24)21-13-3-5-22(6-4-13)18(25)14-8-12(19)9-20-16(14)23/h7-9,13H,3-6H2,1-2H3,(H,20,23)(H,21,24). The van der Waals surface area contributed by atoms with Crippen LogP contribution in [0.5, 0.6) is 0 Å². The van der Waals surface area contributed by atoms with Gasteiger partial charge in [0.05, 0.1) is 0 Å². The van der Waals surface area contributed by atoms with Gasteiger partial charge in [0.15, 0.2) is 5.76 Å². The van der Waals surface area contributed by atoms with Crippen molar-refractivity contribution in [2.45, 2.75) is 32.7 Å². The van der Waals surface area contributed by atoms with Crippen LogP contribution in [-0.2, 0) is 0 Å². The molecule has 1 aliphatic rings. The highest BCUT2D eigenvalue weighted by Crippen LogP contribution is 2.17. The molecule has 1 fully saturated rings. The molecule has 138 valence electrons. The molecule has 0 atom stereocenters. The Hall–Kier alpha value is -2.90. The smallest absolute Gasteiger partial charge is 0.287 e. The number of rotatable bonds is 3. The first-order valence-corrected chi connectivity index (χ1v) is 8.40. The summed E-state index contributed by atoms with van der Waals surface area (Å²) in [6.07, 6.45) is 2.01. The molecule has 0 spiro atoms. The van der Waals surface area contributed by atoms with E-state index in [0.29, 0.717) is 37.5 Å². The number of pyridine rings is 1. The van der Waals surface area contributed by atoms with Gasteiger partial charge in [0.2, 0.25) is 0 Å². The Labute approximate surface area is 149 Å². The molecule has 0 saturated carbocycles. The summed E-state index contributed by atoms with van der Waals surface area (Å²) in [5, 5.41) is 2.91. The number of H-pyrrole nitrogens is 1. The minimum Gasteiger partial charge on any atom is -0.456 e. The predicted molar refractivity (Wildman–Crippen MR) is 91.6 cm³/mol. The van der Waals surface area contributed by atoms with Gasteiger partial charge in [0, 0.05) is 30.9 Å². The highest BCUT2D eigenvalue weighted by atomic mass is 19.1. The lowest BCUT2D eigenvalue weighted by Gasteiger charge is -2.32. The summed E-state index contributed by atoms with van der Waals surface area (Å²) < 4.78 is 18.7. The summed E-state index contributed by atoms with van der Waals surface area (Å²) in [5.74, 6) is -0.477. The second-order valence-electron chi connectivity index (χ2n) is 6.47. The van der Waals surface area contributed by atoms with Crippen LogP contribution < -0.4 is 10.9 Å². The van der Waals surface area contributed by atoms with Crippen molar-refractivity contribution in [3.8, 4) is 0 Å². The number of halogens is 1. The molecule has 0 radical (unpaired) electrons. The molecule has 8 heteroatoms. The number of aryl methyl sites for hydroxylation is 2. The number of hydrogen-bond donors (Lipinski definition) is 2. The molecule has 2 amide bonds. The van der Waals surface area contributed by atoms with Gasteiger partial charge in [0.25, 0.3) is 17.4 Å². The van der Waals surface area contributed by atoms with E-state index < -0.39 is 17.3 Å². The molecule has 0 aromatic carbocycles. The monoisotopic (exact) mass is 361 g/mol. The van der Waals surface area contributed by atoms with Crippen LogP contribution in [0.2, 0.25) is 0 Å². The number of carbonyl (C=O) groups is 2. The zero-order valence-corrected chi connectivity index (χ0v) is 14.6. The number of carbonyl (C=O) groups excluding carboxylic acids is 2. The van der Waals surface area contributed by atoms with E-state index in [0.717, 1.165) is 17.8 Å². The van der Waals surface area contributed by atoms with Gasteiger partial charge in [-0.15, -0.1) is 0 Å². The van der Waals surface area contributed by atoms with Crippen molar-refractivity contribution in [2.24, 2.45) is 0 Å². The van der Waals surface area contributed by atoms with Crippen molar-refractivity contribution in [1.29, 1.82) is 0 Å². The first-order valence-electron chi connectivity index (χ1n) is 8.40. The van der Waals surface area contributed by atoms with Crippen LogP contribution >= 0.6 is 0 Å². The Morgan fingerprint density at radius 1 is 1.27 bits per heavy atom. The Bertz CT molecular complexity index is 894. The molecule has 2 aromatic heterocycles. The Balaban J connectivity index is 1.60. The summed E-state index contributed by atoms with van der Waals surface area (Å²) in [5.41, 5.74) is -0.0531. The topological polar surface area (TPSA) is 95.4 Å². The second kappa shape index (κ2) is 7.15. The molecule has 1 aliphatic heterocycles. The zero-order valence-electron chi connectivity index (χ0n) is 14.6. The molecular formula is C18H20FN3O4. The first kappa shape index (κ1) is 17.9. The van der Waals surface area contributed by atoms with Gasteiger partial charge in [-0.05, 0) is 38.8 Å². The summed E-state index contributed by atoms with van der Waals surface area (Å²) in [6, 6.07) is 2.64. The normalized spacial score (nSPS) is 15.1. The second-order valence-corrected chi connectivity index (χ2v) is 6.47. The van der Waals surface area contributed by atoms with Gasteiger partial charge >= 0.3 is 0 Å². The van der Waals surface area contributed by atoms with E-state index in [1.165, 1.54) is 4.90 Å². The summed E-state index contributed by atoms with van der Waals surface area (Å²) >= 11 is 0. The van der Waals surface area contributed by atoms with E-state index in [-0.39, 0.29) is 17.5 Å². The molecule has 0 aliphatic carbocycles. The molecule has 0 bridgehead atoms. The van der Waals surface area contributed by atoms with Gasteiger partial charge in [-0.25, -0.2) is 4.39 Å². The number of nitrogens with one attached hydrogen (secondary N) is 2. The number of furan rings is 1. The van der Waals surface area contributed by atoms with Crippen LogP contribution in [0, 0.1) is 19.7 Å². The Kier molecular flexibility index (Phi) is 4.92. The van der Waals surface area contributed by atoms with Crippen molar-refractivity contribution in [1.82, 2.24) is 15.2 Å². The third-order valence-corrected chi connectivity index (χ3v) is 4.46. The maximum absolute atomic E-state index is 13.3. The number of amides is 2. The summed E-state index contributed by atoms with van der Waals surface area (Å²) in [4.78, 5) is 40.1. The molecule has 3 heterocycles. The molecule has 1 saturated heterocycles. The molecule has 0 unspecified atom stereocenters. The number of likely N-dealkylation sites (tertiary alicyclic amines) is 1. The third-order valence-electron chi connectivity index (χ3n) is 4.46. The van der Waals surface area contributed by atoms with Crippen LogP contribution in [0.15, 0.2) is 27.5 Å². The van der Waals surface area contributed by atoms with Gasteiger partial charge in [-0.3, -0.25) is 14.4 Å².